The summed E-state index contributed by atoms with van der Waals surface area (Å²) in [4.78, 5) is 36.6. The summed E-state index contributed by atoms with van der Waals surface area (Å²) >= 11 is 1.43. The van der Waals surface area contributed by atoms with Gasteiger partial charge in [-0.15, -0.1) is 11.3 Å². The van der Waals surface area contributed by atoms with Crippen molar-refractivity contribution in [2.24, 2.45) is 0 Å². The average Bonchev–Trinajstić information content (AvgIpc) is 2.98. The lowest BCUT2D eigenvalue weighted by molar-refractivity contribution is -0.384. The largest absolute Gasteiger partial charge is 0.462 e. The number of nitrogens with zero attached hydrogens (tertiary/aromatic N) is 1. The van der Waals surface area contributed by atoms with E-state index >= 15 is 0 Å². The number of hydrogen-bond acceptors (Lipinski definition) is 6. The minimum absolute atomic E-state index is 0.0807. The summed E-state index contributed by atoms with van der Waals surface area (Å²) in [5.41, 5.74) is 1.66. The van der Waals surface area contributed by atoms with Gasteiger partial charge in [-0.1, -0.05) is 12.8 Å². The quantitative estimate of drug-likeness (QED) is 0.442. The van der Waals surface area contributed by atoms with Crippen LogP contribution in [-0.2, 0) is 17.6 Å². The lowest BCUT2D eigenvalue weighted by Crippen LogP contribution is -2.15. The molecule has 0 radical (unpaired) electrons. The molecule has 7 nitrogen and oxygen atoms in total. The maximum absolute atomic E-state index is 12.7. The predicted molar refractivity (Wildman–Crippen MR) is 107 cm³/mol. The van der Waals surface area contributed by atoms with Gasteiger partial charge in [0, 0.05) is 22.6 Å². The number of thiophene rings is 1. The molecular weight excluding hydrogens is 380 g/mol. The topological polar surface area (TPSA) is 98.5 Å². The summed E-state index contributed by atoms with van der Waals surface area (Å²) in [6.07, 6.45) is 6.04. The average molecular weight is 402 g/mol. The molecule has 1 amide bonds. The number of non-ortho nitro benzene ring substituents is 1. The molecule has 0 spiro atoms. The third-order valence-corrected chi connectivity index (χ3v) is 5.93. The van der Waals surface area contributed by atoms with Crippen LogP contribution in [0.5, 0.6) is 0 Å². The van der Waals surface area contributed by atoms with Gasteiger partial charge in [-0.2, -0.15) is 0 Å². The van der Waals surface area contributed by atoms with Crippen LogP contribution in [0.2, 0.25) is 0 Å². The van der Waals surface area contributed by atoms with Gasteiger partial charge in [-0.3, -0.25) is 14.9 Å². The Morgan fingerprint density at radius 1 is 1.14 bits per heavy atom. The Bertz CT molecular complexity index is 889. The zero-order valence-corrected chi connectivity index (χ0v) is 16.5. The second kappa shape index (κ2) is 8.97. The van der Waals surface area contributed by atoms with Crippen molar-refractivity contribution in [2.45, 2.75) is 45.4 Å². The van der Waals surface area contributed by atoms with Gasteiger partial charge in [0.1, 0.15) is 5.00 Å². The minimum Gasteiger partial charge on any atom is -0.462 e. The number of carbonyl (C=O) groups excluding carboxylic acids is 2. The highest BCUT2D eigenvalue weighted by Gasteiger charge is 2.26. The zero-order chi connectivity index (χ0) is 20.1. The van der Waals surface area contributed by atoms with Crippen molar-refractivity contribution < 1.29 is 19.2 Å². The third kappa shape index (κ3) is 4.39. The van der Waals surface area contributed by atoms with E-state index in [-0.39, 0.29) is 12.3 Å². The van der Waals surface area contributed by atoms with Crippen LogP contribution in [0, 0.1) is 10.1 Å². The number of aryl methyl sites for hydroxylation is 1. The third-order valence-electron chi connectivity index (χ3n) is 4.72. The first-order chi connectivity index (χ1) is 13.5. The first kappa shape index (κ1) is 20.0. The number of anilines is 1. The van der Waals surface area contributed by atoms with Crippen molar-refractivity contribution in [3.63, 3.8) is 0 Å². The Morgan fingerprint density at radius 3 is 2.46 bits per heavy atom. The van der Waals surface area contributed by atoms with E-state index in [0.717, 1.165) is 49.0 Å². The van der Waals surface area contributed by atoms with E-state index in [0.29, 0.717) is 16.1 Å². The van der Waals surface area contributed by atoms with Crippen molar-refractivity contribution in [1.82, 2.24) is 0 Å². The highest BCUT2D eigenvalue weighted by molar-refractivity contribution is 7.17. The molecule has 0 unspecified atom stereocenters. The highest BCUT2D eigenvalue weighted by Crippen LogP contribution is 2.37. The van der Waals surface area contributed by atoms with Gasteiger partial charge < -0.3 is 10.1 Å². The number of rotatable bonds is 5. The van der Waals surface area contributed by atoms with E-state index < -0.39 is 16.8 Å². The van der Waals surface area contributed by atoms with Crippen LogP contribution in [0.3, 0.4) is 0 Å². The molecule has 0 atom stereocenters. The van der Waals surface area contributed by atoms with E-state index in [1.165, 1.54) is 35.6 Å². The number of fused-ring (bicyclic) bond motifs is 1. The number of benzene rings is 1. The van der Waals surface area contributed by atoms with Crippen LogP contribution >= 0.6 is 11.3 Å². The summed E-state index contributed by atoms with van der Waals surface area (Å²) in [6.45, 7) is 2.02. The lowest BCUT2D eigenvalue weighted by Gasteiger charge is -2.11. The molecule has 0 fully saturated rings. The molecule has 0 saturated carbocycles. The van der Waals surface area contributed by atoms with Crippen LogP contribution in [0.15, 0.2) is 24.3 Å². The van der Waals surface area contributed by atoms with Crippen LogP contribution in [0.1, 0.15) is 63.8 Å². The molecule has 1 N–H and O–H groups in total. The Kier molecular flexibility index (Phi) is 6.41. The number of esters is 1. The maximum atomic E-state index is 12.7. The molecule has 3 rings (SSSR count). The SMILES string of the molecule is CCOC(=O)c1c(NC(=O)c2ccc([N+](=O)[O-])cc2)sc2c1CCCCCC2. The van der Waals surface area contributed by atoms with Gasteiger partial charge in [-0.25, -0.2) is 4.79 Å². The van der Waals surface area contributed by atoms with E-state index in [1.54, 1.807) is 6.92 Å². The molecule has 0 aliphatic heterocycles. The number of nitro groups is 1. The summed E-state index contributed by atoms with van der Waals surface area (Å²) in [5, 5.41) is 14.1. The van der Waals surface area contributed by atoms with Crippen molar-refractivity contribution in [3.05, 3.63) is 55.9 Å². The fraction of sp³-hybridized carbons (Fsp3) is 0.400. The second-order valence-corrected chi connectivity index (χ2v) is 7.71. The van der Waals surface area contributed by atoms with E-state index in [2.05, 4.69) is 5.32 Å². The molecule has 1 aromatic heterocycles. The number of hydrogen-bond donors (Lipinski definition) is 1. The monoisotopic (exact) mass is 402 g/mol. The fourth-order valence-electron chi connectivity index (χ4n) is 3.34. The first-order valence-corrected chi connectivity index (χ1v) is 10.2. The van der Waals surface area contributed by atoms with E-state index in [9.17, 15) is 19.7 Å². The predicted octanol–water partition coefficient (Wildman–Crippen LogP) is 4.74. The fourth-order valence-corrected chi connectivity index (χ4v) is 4.61. The number of nitrogens with one attached hydrogen (secondary N) is 1. The highest BCUT2D eigenvalue weighted by atomic mass is 32.1. The molecule has 1 heterocycles. The smallest absolute Gasteiger partial charge is 0.341 e. The molecule has 2 aromatic rings. The number of ether oxygens (including phenoxy) is 1. The molecule has 1 aliphatic carbocycles. The molecular formula is C20H22N2O5S. The summed E-state index contributed by atoms with van der Waals surface area (Å²) in [6, 6.07) is 5.38. The Balaban J connectivity index is 1.91. The summed E-state index contributed by atoms with van der Waals surface area (Å²) in [7, 11) is 0. The summed E-state index contributed by atoms with van der Waals surface area (Å²) < 4.78 is 5.24. The molecule has 28 heavy (non-hydrogen) atoms. The normalized spacial score (nSPS) is 13.8. The van der Waals surface area contributed by atoms with Gasteiger partial charge in [-0.05, 0) is 50.3 Å². The van der Waals surface area contributed by atoms with Crippen molar-refractivity contribution in [3.8, 4) is 0 Å². The van der Waals surface area contributed by atoms with Gasteiger partial charge in [0.25, 0.3) is 11.6 Å². The van der Waals surface area contributed by atoms with Crippen LogP contribution in [0.4, 0.5) is 10.7 Å². The molecule has 148 valence electrons. The number of carbonyl (C=O) groups is 2. The molecule has 8 heteroatoms. The van der Waals surface area contributed by atoms with Crippen LogP contribution in [0.25, 0.3) is 0 Å². The molecule has 0 saturated heterocycles. The standard InChI is InChI=1S/C20H22N2O5S/c1-2-27-20(24)17-15-7-5-3-4-6-8-16(15)28-19(17)21-18(23)13-9-11-14(12-10-13)22(25)26/h9-12H,2-8H2,1H3,(H,21,23). The second-order valence-electron chi connectivity index (χ2n) is 6.60. The van der Waals surface area contributed by atoms with Crippen molar-refractivity contribution >= 4 is 33.9 Å². The van der Waals surface area contributed by atoms with Crippen LogP contribution in [-0.4, -0.2) is 23.4 Å². The van der Waals surface area contributed by atoms with Crippen molar-refractivity contribution in [1.29, 1.82) is 0 Å². The van der Waals surface area contributed by atoms with E-state index in [4.69, 9.17) is 4.74 Å². The van der Waals surface area contributed by atoms with Gasteiger partial charge in [0.05, 0.1) is 17.1 Å². The number of nitro benzene ring substituents is 1. The maximum Gasteiger partial charge on any atom is 0.341 e. The van der Waals surface area contributed by atoms with Crippen LogP contribution < -0.4 is 5.32 Å². The molecule has 1 aromatic carbocycles. The Morgan fingerprint density at radius 2 is 1.82 bits per heavy atom. The lowest BCUT2D eigenvalue weighted by atomic mass is 9.96. The summed E-state index contributed by atoms with van der Waals surface area (Å²) in [5.74, 6) is -0.825. The minimum atomic E-state index is -0.514. The van der Waals surface area contributed by atoms with E-state index in [1.807, 2.05) is 0 Å². The Hall–Kier alpha value is -2.74. The number of amides is 1. The Labute approximate surface area is 166 Å². The van der Waals surface area contributed by atoms with Gasteiger partial charge in [0.2, 0.25) is 0 Å². The van der Waals surface area contributed by atoms with Crippen molar-refractivity contribution in [2.75, 3.05) is 11.9 Å². The van der Waals surface area contributed by atoms with Gasteiger partial charge in [0.15, 0.2) is 0 Å². The molecule has 1 aliphatic rings. The zero-order valence-electron chi connectivity index (χ0n) is 15.7. The first-order valence-electron chi connectivity index (χ1n) is 9.38. The molecule has 0 bridgehead atoms. The van der Waals surface area contributed by atoms with Gasteiger partial charge >= 0.3 is 5.97 Å².